The Labute approximate surface area is 176 Å². The van der Waals surface area contributed by atoms with Gasteiger partial charge in [0.05, 0.1) is 29.9 Å². The number of alkyl halides is 2. The largest absolute Gasteiger partial charge is 0.394 e. The highest BCUT2D eigenvalue weighted by Crippen LogP contribution is 2.59. The number of aliphatic hydroxyl groups is 2. The van der Waals surface area contributed by atoms with Crippen molar-refractivity contribution in [3.8, 4) is 0 Å². The van der Waals surface area contributed by atoms with Gasteiger partial charge in [-0.1, -0.05) is 6.92 Å². The van der Waals surface area contributed by atoms with Gasteiger partial charge in [-0.2, -0.15) is 0 Å². The van der Waals surface area contributed by atoms with Gasteiger partial charge in [0, 0.05) is 36.7 Å². The topological polar surface area (TPSA) is 98.6 Å². The minimum atomic E-state index is -3.21. The molecule has 4 unspecified atom stereocenters. The lowest BCUT2D eigenvalue weighted by molar-refractivity contribution is 0.0305. The molecule has 0 bridgehead atoms. The Kier molecular flexibility index (Phi) is 4.76. The van der Waals surface area contributed by atoms with E-state index in [1.165, 1.54) is 4.57 Å². The molecule has 7 nitrogen and oxygen atoms in total. The minimum absolute atomic E-state index is 0.175. The lowest BCUT2D eigenvalue weighted by Crippen LogP contribution is -2.46. The average molecular weight is 441 g/mol. The first-order valence-corrected chi connectivity index (χ1v) is 10.8. The van der Waals surface area contributed by atoms with E-state index in [9.17, 15) is 28.6 Å². The van der Waals surface area contributed by atoms with Gasteiger partial charge < -0.3 is 10.2 Å². The summed E-state index contributed by atoms with van der Waals surface area (Å²) in [5.41, 5.74) is -3.07. The summed E-state index contributed by atoms with van der Waals surface area (Å²) in [5.74, 6) is -2.02. The van der Waals surface area contributed by atoms with Gasteiger partial charge in [-0.3, -0.25) is 19.2 Å². The molecule has 1 aromatic rings. The summed E-state index contributed by atoms with van der Waals surface area (Å²) in [4.78, 5) is 28.9. The molecular formula is C21H26F3N3O4. The molecule has 10 heteroatoms. The van der Waals surface area contributed by atoms with Gasteiger partial charge in [0.2, 0.25) is 0 Å². The first-order valence-electron chi connectivity index (χ1n) is 10.8. The van der Waals surface area contributed by atoms with Crippen LogP contribution in [0.1, 0.15) is 55.8 Å². The number of aromatic nitrogens is 2. The molecule has 2 saturated carbocycles. The monoisotopic (exact) mass is 441 g/mol. The van der Waals surface area contributed by atoms with Crippen molar-refractivity contribution in [2.24, 2.45) is 11.3 Å². The van der Waals surface area contributed by atoms with Gasteiger partial charge in [-0.15, -0.1) is 0 Å². The van der Waals surface area contributed by atoms with E-state index in [0.29, 0.717) is 19.4 Å². The highest BCUT2D eigenvalue weighted by Gasteiger charge is 2.59. The van der Waals surface area contributed by atoms with Crippen molar-refractivity contribution in [2.45, 2.75) is 63.1 Å². The van der Waals surface area contributed by atoms with Crippen LogP contribution in [0.4, 0.5) is 13.2 Å². The second-order valence-corrected chi connectivity index (χ2v) is 9.56. The third kappa shape index (κ3) is 3.06. The van der Waals surface area contributed by atoms with E-state index in [4.69, 9.17) is 0 Å². The second-order valence-electron chi connectivity index (χ2n) is 9.56. The molecule has 31 heavy (non-hydrogen) atoms. The Morgan fingerprint density at radius 3 is 2.48 bits per heavy atom. The van der Waals surface area contributed by atoms with Crippen LogP contribution in [-0.4, -0.2) is 62.9 Å². The molecule has 1 saturated heterocycles. The number of likely N-dealkylation sites (tertiary alicyclic amines) is 1. The van der Waals surface area contributed by atoms with Gasteiger partial charge in [-0.05, 0) is 31.1 Å². The summed E-state index contributed by atoms with van der Waals surface area (Å²) in [5, 5.41) is 19.7. The molecule has 1 aliphatic heterocycles. The van der Waals surface area contributed by atoms with Crippen LogP contribution in [0, 0.1) is 11.3 Å². The van der Waals surface area contributed by atoms with Gasteiger partial charge in [-0.25, -0.2) is 18.0 Å². The SMILES string of the molecule is CC1c2c(c(=O)[nH]c(=O)n2C2CC2)C(C(F)F)=C(F)C1N1CC(C(O)CO)C2(CC2)C1. The summed E-state index contributed by atoms with van der Waals surface area (Å²) in [7, 11) is 0. The van der Waals surface area contributed by atoms with Crippen molar-refractivity contribution in [1.29, 1.82) is 0 Å². The minimum Gasteiger partial charge on any atom is -0.394 e. The Morgan fingerprint density at radius 2 is 1.94 bits per heavy atom. The number of fused-ring (bicyclic) bond motifs is 1. The molecule has 0 radical (unpaired) electrons. The number of rotatable bonds is 5. The summed E-state index contributed by atoms with van der Waals surface area (Å²) < 4.78 is 45.1. The first-order chi connectivity index (χ1) is 14.7. The van der Waals surface area contributed by atoms with E-state index in [2.05, 4.69) is 4.98 Å². The van der Waals surface area contributed by atoms with Crippen LogP contribution in [0.3, 0.4) is 0 Å². The van der Waals surface area contributed by atoms with E-state index < -0.39 is 59.3 Å². The van der Waals surface area contributed by atoms with E-state index in [1.54, 1.807) is 11.8 Å². The third-order valence-electron chi connectivity index (χ3n) is 7.68. The number of hydrogen-bond acceptors (Lipinski definition) is 5. The molecule has 0 aromatic carbocycles. The van der Waals surface area contributed by atoms with Gasteiger partial charge in [0.1, 0.15) is 5.83 Å². The fourth-order valence-corrected chi connectivity index (χ4v) is 5.90. The number of aliphatic hydroxyl groups excluding tert-OH is 2. The quantitative estimate of drug-likeness (QED) is 0.641. The van der Waals surface area contributed by atoms with Crippen LogP contribution in [0.2, 0.25) is 0 Å². The van der Waals surface area contributed by atoms with E-state index in [1.807, 2.05) is 0 Å². The van der Waals surface area contributed by atoms with Crippen LogP contribution < -0.4 is 11.2 Å². The first kappa shape index (κ1) is 21.0. The lowest BCUT2D eigenvalue weighted by Gasteiger charge is -2.38. The maximum absolute atomic E-state index is 15.7. The van der Waals surface area contributed by atoms with Gasteiger partial charge >= 0.3 is 5.69 Å². The van der Waals surface area contributed by atoms with Crippen molar-refractivity contribution in [3.63, 3.8) is 0 Å². The molecule has 0 amide bonds. The Morgan fingerprint density at radius 1 is 1.26 bits per heavy atom. The van der Waals surface area contributed by atoms with Crippen molar-refractivity contribution in [2.75, 3.05) is 19.7 Å². The predicted molar refractivity (Wildman–Crippen MR) is 106 cm³/mol. The van der Waals surface area contributed by atoms with Crippen molar-refractivity contribution in [3.05, 3.63) is 37.9 Å². The van der Waals surface area contributed by atoms with Crippen LogP contribution in [0.5, 0.6) is 0 Å². The van der Waals surface area contributed by atoms with Crippen LogP contribution >= 0.6 is 0 Å². The van der Waals surface area contributed by atoms with E-state index in [-0.39, 0.29) is 29.6 Å². The number of hydrogen-bond donors (Lipinski definition) is 3. The number of nitrogens with zero attached hydrogens (tertiary/aromatic N) is 2. The Balaban J connectivity index is 1.65. The zero-order valence-electron chi connectivity index (χ0n) is 17.2. The number of nitrogens with one attached hydrogen (secondary N) is 1. The molecule has 4 aliphatic rings. The number of halogens is 3. The normalized spacial score (nSPS) is 30.9. The highest BCUT2D eigenvalue weighted by atomic mass is 19.3. The zero-order valence-corrected chi connectivity index (χ0v) is 17.2. The zero-order chi connectivity index (χ0) is 22.2. The molecule has 1 spiro atoms. The summed E-state index contributed by atoms with van der Waals surface area (Å²) in [6.45, 7) is 1.92. The maximum atomic E-state index is 15.7. The fraction of sp³-hybridized carbons (Fsp3) is 0.714. The number of allylic oxidation sites excluding steroid dienone is 1. The summed E-state index contributed by atoms with van der Waals surface area (Å²) in [6, 6.07) is -1.24. The molecule has 2 heterocycles. The fourth-order valence-electron chi connectivity index (χ4n) is 5.90. The van der Waals surface area contributed by atoms with Crippen LogP contribution in [0.25, 0.3) is 5.57 Å². The molecule has 3 aliphatic carbocycles. The highest BCUT2D eigenvalue weighted by molar-refractivity contribution is 5.74. The van der Waals surface area contributed by atoms with Crippen molar-refractivity contribution in [1.82, 2.24) is 14.5 Å². The summed E-state index contributed by atoms with van der Waals surface area (Å²) in [6.07, 6.45) is -1.14. The smallest absolute Gasteiger partial charge is 0.328 e. The lowest BCUT2D eigenvalue weighted by atomic mass is 9.82. The van der Waals surface area contributed by atoms with Crippen LogP contribution in [0.15, 0.2) is 15.4 Å². The van der Waals surface area contributed by atoms with E-state index in [0.717, 1.165) is 12.8 Å². The predicted octanol–water partition coefficient (Wildman–Crippen LogP) is 1.37. The maximum Gasteiger partial charge on any atom is 0.328 e. The van der Waals surface area contributed by atoms with Crippen molar-refractivity contribution < 1.29 is 23.4 Å². The second kappa shape index (κ2) is 7.05. The molecule has 170 valence electrons. The molecular weight excluding hydrogens is 415 g/mol. The van der Waals surface area contributed by atoms with Crippen LogP contribution in [-0.2, 0) is 0 Å². The molecule has 1 aromatic heterocycles. The summed E-state index contributed by atoms with van der Waals surface area (Å²) >= 11 is 0. The number of H-pyrrole nitrogens is 1. The Bertz CT molecular complexity index is 1060. The molecule has 4 atom stereocenters. The third-order valence-corrected chi connectivity index (χ3v) is 7.68. The van der Waals surface area contributed by atoms with Gasteiger partial charge in [0.25, 0.3) is 12.0 Å². The average Bonchev–Trinajstić information content (AvgIpc) is 3.61. The number of aromatic amines is 1. The standard InChI is InChI=1S/C21H26F3N3O4/c1-9-16-14(19(30)25-20(31)27(16)10-2-3-10)13(18(23)24)15(22)17(9)26-6-11(12(29)7-28)21(8-26)4-5-21/h9-12,17-18,28-29H,2-8H2,1H3,(H,25,30,31). The Hall–Kier alpha value is -1.91. The van der Waals surface area contributed by atoms with Crippen molar-refractivity contribution >= 4 is 5.57 Å². The van der Waals surface area contributed by atoms with E-state index >= 15 is 4.39 Å². The molecule has 5 rings (SSSR count). The van der Waals surface area contributed by atoms with Gasteiger partial charge in [0.15, 0.2) is 0 Å². The molecule has 3 fully saturated rings. The molecule has 3 N–H and O–H groups in total.